The van der Waals surface area contributed by atoms with E-state index in [9.17, 15) is 0 Å². The number of para-hydroxylation sites is 2. The van der Waals surface area contributed by atoms with Crippen LogP contribution in [0.2, 0.25) is 0 Å². The van der Waals surface area contributed by atoms with E-state index in [1.165, 1.54) is 5.56 Å². The van der Waals surface area contributed by atoms with E-state index >= 15 is 0 Å². The molecule has 0 saturated carbocycles. The third kappa shape index (κ3) is 4.71. The van der Waals surface area contributed by atoms with Gasteiger partial charge >= 0.3 is 0 Å². The van der Waals surface area contributed by atoms with Crippen molar-refractivity contribution < 1.29 is 9.47 Å². The topological polar surface area (TPSA) is 49.2 Å². The Bertz CT molecular complexity index is 908. The summed E-state index contributed by atoms with van der Waals surface area (Å²) in [6, 6.07) is 15.9. The Morgan fingerprint density at radius 3 is 2.67 bits per heavy atom. The molecule has 1 heterocycles. The first-order chi connectivity index (χ1) is 13.2. The third-order valence-electron chi connectivity index (χ3n) is 3.95. The van der Waals surface area contributed by atoms with Gasteiger partial charge < -0.3 is 9.47 Å². The second kappa shape index (κ2) is 9.28. The molecule has 0 fully saturated rings. The fraction of sp³-hybridized carbons (Fsp3) is 0.238. The molecule has 3 aromatic rings. The van der Waals surface area contributed by atoms with E-state index in [0.29, 0.717) is 13.2 Å². The summed E-state index contributed by atoms with van der Waals surface area (Å²) in [7, 11) is 1.64. The summed E-state index contributed by atoms with van der Waals surface area (Å²) in [5.41, 5.74) is 2.25. The molecule has 3 rings (SSSR count). The number of thioether (sulfide) groups is 1. The fourth-order valence-corrected chi connectivity index (χ4v) is 3.47. The van der Waals surface area contributed by atoms with Crippen LogP contribution in [0.1, 0.15) is 5.56 Å². The van der Waals surface area contributed by atoms with Crippen molar-refractivity contribution in [2.45, 2.75) is 18.6 Å². The lowest BCUT2D eigenvalue weighted by Gasteiger charge is -2.10. The Hall–Kier alpha value is -2.73. The molecule has 140 valence electrons. The van der Waals surface area contributed by atoms with Crippen LogP contribution in [-0.2, 0) is 6.54 Å². The molecule has 0 saturated heterocycles. The summed E-state index contributed by atoms with van der Waals surface area (Å²) in [4.78, 5) is 0. The zero-order chi connectivity index (χ0) is 19.1. The number of hydrogen-bond acceptors (Lipinski definition) is 5. The number of benzene rings is 2. The number of ether oxygens (including phenoxy) is 2. The van der Waals surface area contributed by atoms with Gasteiger partial charge in [-0.25, -0.2) is 0 Å². The highest BCUT2D eigenvalue weighted by molar-refractivity contribution is 7.99. The molecule has 0 aliphatic rings. The van der Waals surface area contributed by atoms with Gasteiger partial charge in [-0.3, -0.25) is 4.57 Å². The molecular formula is C21H23N3O2S. The van der Waals surface area contributed by atoms with Crippen molar-refractivity contribution in [1.29, 1.82) is 0 Å². The van der Waals surface area contributed by atoms with Crippen molar-refractivity contribution in [2.24, 2.45) is 0 Å². The van der Waals surface area contributed by atoms with E-state index in [0.717, 1.165) is 33.8 Å². The number of nitrogens with zero attached hydrogens (tertiary/aromatic N) is 3. The van der Waals surface area contributed by atoms with Crippen LogP contribution in [0, 0.1) is 6.92 Å². The zero-order valence-electron chi connectivity index (χ0n) is 15.6. The smallest absolute Gasteiger partial charge is 0.191 e. The second-order valence-corrected chi connectivity index (χ2v) is 6.98. The predicted molar refractivity (Wildman–Crippen MR) is 110 cm³/mol. The highest BCUT2D eigenvalue weighted by Gasteiger charge is 2.13. The second-order valence-electron chi connectivity index (χ2n) is 5.92. The molecular weight excluding hydrogens is 358 g/mol. The van der Waals surface area contributed by atoms with Gasteiger partial charge in [-0.05, 0) is 25.1 Å². The highest BCUT2D eigenvalue weighted by Crippen LogP contribution is 2.27. The number of rotatable bonds is 9. The van der Waals surface area contributed by atoms with Crippen molar-refractivity contribution in [3.8, 4) is 22.9 Å². The summed E-state index contributed by atoms with van der Waals surface area (Å²) in [6.45, 7) is 7.14. The lowest BCUT2D eigenvalue weighted by atomic mass is 10.1. The molecule has 6 heteroatoms. The molecule has 0 radical (unpaired) electrons. The van der Waals surface area contributed by atoms with Crippen LogP contribution in [0.25, 0.3) is 11.4 Å². The fourth-order valence-electron chi connectivity index (χ4n) is 2.71. The SMILES string of the molecule is C=CCn1c(SCCOc2ccccc2OC)nnc1-c1cccc(C)c1. The summed E-state index contributed by atoms with van der Waals surface area (Å²) >= 11 is 1.62. The maximum atomic E-state index is 5.83. The number of methoxy groups -OCH3 is 1. The van der Waals surface area contributed by atoms with Gasteiger partial charge in [-0.15, -0.1) is 16.8 Å². The van der Waals surface area contributed by atoms with E-state index < -0.39 is 0 Å². The molecule has 0 atom stereocenters. The average Bonchev–Trinajstić information content (AvgIpc) is 3.08. The lowest BCUT2D eigenvalue weighted by Crippen LogP contribution is -2.04. The maximum absolute atomic E-state index is 5.83. The van der Waals surface area contributed by atoms with Gasteiger partial charge in [-0.2, -0.15) is 0 Å². The first-order valence-electron chi connectivity index (χ1n) is 8.72. The van der Waals surface area contributed by atoms with E-state index in [2.05, 4.69) is 46.5 Å². The van der Waals surface area contributed by atoms with Crippen molar-refractivity contribution in [3.63, 3.8) is 0 Å². The molecule has 5 nitrogen and oxygen atoms in total. The molecule has 0 amide bonds. The number of aromatic nitrogens is 3. The Balaban J connectivity index is 1.67. The van der Waals surface area contributed by atoms with E-state index in [-0.39, 0.29) is 0 Å². The Kier molecular flexibility index (Phi) is 6.54. The van der Waals surface area contributed by atoms with Crippen LogP contribution < -0.4 is 9.47 Å². The largest absolute Gasteiger partial charge is 0.493 e. The van der Waals surface area contributed by atoms with Crippen LogP contribution >= 0.6 is 11.8 Å². The Morgan fingerprint density at radius 2 is 1.93 bits per heavy atom. The van der Waals surface area contributed by atoms with Gasteiger partial charge in [0.1, 0.15) is 0 Å². The normalized spacial score (nSPS) is 10.6. The van der Waals surface area contributed by atoms with Crippen LogP contribution in [0.15, 0.2) is 66.3 Å². The molecule has 0 aliphatic heterocycles. The summed E-state index contributed by atoms with van der Waals surface area (Å²) in [6.07, 6.45) is 1.86. The summed E-state index contributed by atoms with van der Waals surface area (Å²) in [5, 5.41) is 9.62. The first kappa shape index (κ1) is 19.0. The van der Waals surface area contributed by atoms with Crippen molar-refractivity contribution in [1.82, 2.24) is 14.8 Å². The average molecular weight is 382 g/mol. The maximum Gasteiger partial charge on any atom is 0.191 e. The van der Waals surface area contributed by atoms with Crippen LogP contribution in [0.4, 0.5) is 0 Å². The first-order valence-corrected chi connectivity index (χ1v) is 9.71. The van der Waals surface area contributed by atoms with Gasteiger partial charge in [0.25, 0.3) is 0 Å². The Labute approximate surface area is 164 Å². The molecule has 0 bridgehead atoms. The number of aryl methyl sites for hydroxylation is 1. The van der Waals surface area contributed by atoms with Crippen molar-refractivity contribution >= 4 is 11.8 Å². The minimum absolute atomic E-state index is 0.547. The predicted octanol–water partition coefficient (Wildman–Crippen LogP) is 4.62. The standard InChI is InChI=1S/C21H23N3O2S/c1-4-12-24-20(17-9-7-8-16(2)15-17)22-23-21(24)27-14-13-26-19-11-6-5-10-18(19)25-3/h4-11,15H,1,12-14H2,2-3H3. The monoisotopic (exact) mass is 381 g/mol. The molecule has 1 aromatic heterocycles. The number of allylic oxidation sites excluding steroid dienone is 1. The summed E-state index contributed by atoms with van der Waals surface area (Å²) in [5.74, 6) is 3.08. The Morgan fingerprint density at radius 1 is 1.11 bits per heavy atom. The molecule has 27 heavy (non-hydrogen) atoms. The third-order valence-corrected chi connectivity index (χ3v) is 4.88. The van der Waals surface area contributed by atoms with Crippen molar-refractivity contribution in [3.05, 3.63) is 66.7 Å². The minimum Gasteiger partial charge on any atom is -0.493 e. The van der Waals surface area contributed by atoms with E-state index in [4.69, 9.17) is 9.47 Å². The summed E-state index contributed by atoms with van der Waals surface area (Å²) < 4.78 is 13.2. The van der Waals surface area contributed by atoms with E-state index in [1.807, 2.05) is 36.4 Å². The molecule has 0 spiro atoms. The van der Waals surface area contributed by atoms with Crippen LogP contribution in [-0.4, -0.2) is 34.2 Å². The highest BCUT2D eigenvalue weighted by atomic mass is 32.2. The van der Waals surface area contributed by atoms with Crippen molar-refractivity contribution in [2.75, 3.05) is 19.5 Å². The molecule has 2 aromatic carbocycles. The van der Waals surface area contributed by atoms with Gasteiger partial charge in [-0.1, -0.05) is 53.7 Å². The lowest BCUT2D eigenvalue weighted by molar-refractivity contribution is 0.313. The van der Waals surface area contributed by atoms with Gasteiger partial charge in [0, 0.05) is 17.9 Å². The quantitative estimate of drug-likeness (QED) is 0.307. The van der Waals surface area contributed by atoms with Gasteiger partial charge in [0.05, 0.1) is 13.7 Å². The number of hydrogen-bond donors (Lipinski definition) is 0. The molecule has 0 N–H and O–H groups in total. The van der Waals surface area contributed by atoms with Crippen LogP contribution in [0.3, 0.4) is 0 Å². The van der Waals surface area contributed by atoms with Crippen LogP contribution in [0.5, 0.6) is 11.5 Å². The molecule has 0 unspecified atom stereocenters. The van der Waals surface area contributed by atoms with Gasteiger partial charge in [0.15, 0.2) is 22.5 Å². The van der Waals surface area contributed by atoms with E-state index in [1.54, 1.807) is 18.9 Å². The van der Waals surface area contributed by atoms with Gasteiger partial charge in [0.2, 0.25) is 0 Å². The minimum atomic E-state index is 0.547. The molecule has 0 aliphatic carbocycles. The zero-order valence-corrected chi connectivity index (χ0v) is 16.4.